The first-order chi connectivity index (χ1) is 6.36. The molecule has 13 heavy (non-hydrogen) atoms. The molecule has 0 aliphatic rings. The number of imidazole rings is 1. The molecule has 2 aromatic heterocycles. The van der Waals surface area contributed by atoms with Gasteiger partial charge >= 0.3 is 0 Å². The number of pyridine rings is 1. The molecule has 0 aliphatic carbocycles. The molecule has 0 aliphatic heterocycles. The molecule has 3 nitrogen and oxygen atoms in total. The van der Waals surface area contributed by atoms with E-state index in [4.69, 9.17) is 0 Å². The molecule has 0 saturated carbocycles. The Balaban J connectivity index is 2.81. The fraction of sp³-hybridized carbons (Fsp3) is 0.111. The third-order valence-corrected chi connectivity index (χ3v) is 2.49. The lowest BCUT2D eigenvalue weighted by atomic mass is 10.3. The molecule has 0 aromatic carbocycles. The van der Waals surface area contributed by atoms with E-state index in [9.17, 15) is 4.79 Å². The first kappa shape index (κ1) is 8.31. The van der Waals surface area contributed by atoms with Gasteiger partial charge in [-0.05, 0) is 18.4 Å². The maximum atomic E-state index is 10.7. The van der Waals surface area contributed by atoms with Crippen LogP contribution in [0.4, 0.5) is 0 Å². The van der Waals surface area contributed by atoms with E-state index in [0.29, 0.717) is 5.69 Å². The van der Waals surface area contributed by atoms with Crippen molar-refractivity contribution in [3.8, 4) is 0 Å². The number of aromatic nitrogens is 2. The molecule has 2 heterocycles. The van der Waals surface area contributed by atoms with E-state index in [0.717, 1.165) is 17.0 Å². The van der Waals surface area contributed by atoms with Crippen LogP contribution in [-0.4, -0.2) is 21.9 Å². The van der Waals surface area contributed by atoms with Crippen molar-refractivity contribution in [3.05, 3.63) is 30.1 Å². The number of fused-ring (bicyclic) bond motifs is 1. The highest BCUT2D eigenvalue weighted by Gasteiger charge is 2.07. The summed E-state index contributed by atoms with van der Waals surface area (Å²) in [7, 11) is 0. The monoisotopic (exact) mass is 192 g/mol. The molecule has 0 fully saturated rings. The third-order valence-electron chi connectivity index (χ3n) is 1.84. The fourth-order valence-corrected chi connectivity index (χ4v) is 1.81. The summed E-state index contributed by atoms with van der Waals surface area (Å²) in [6.07, 6.45) is 4.63. The Morgan fingerprint density at radius 3 is 3.08 bits per heavy atom. The summed E-state index contributed by atoms with van der Waals surface area (Å²) in [5.74, 6) is 0. The number of carbonyl (C=O) groups is 1. The minimum Gasteiger partial charge on any atom is -0.296 e. The standard InChI is InChI=1S/C9H8N2OS/c1-13-9-10-7(6-12)8-4-2-3-5-11(8)9/h2-6H,1H3. The Kier molecular flexibility index (Phi) is 2.06. The molecule has 0 saturated heterocycles. The maximum absolute atomic E-state index is 10.7. The van der Waals surface area contributed by atoms with E-state index in [2.05, 4.69) is 4.98 Å². The number of hydrogen-bond donors (Lipinski definition) is 0. The molecule has 0 amide bonds. The van der Waals surface area contributed by atoms with Crippen molar-refractivity contribution in [1.29, 1.82) is 0 Å². The summed E-state index contributed by atoms with van der Waals surface area (Å²) < 4.78 is 1.91. The Morgan fingerprint density at radius 1 is 1.54 bits per heavy atom. The van der Waals surface area contributed by atoms with Crippen LogP contribution < -0.4 is 0 Å². The van der Waals surface area contributed by atoms with E-state index >= 15 is 0 Å². The smallest absolute Gasteiger partial charge is 0.173 e. The predicted molar refractivity (Wildman–Crippen MR) is 52.4 cm³/mol. The lowest BCUT2D eigenvalue weighted by molar-refractivity contribution is 0.112. The zero-order valence-corrected chi connectivity index (χ0v) is 7.91. The van der Waals surface area contributed by atoms with Gasteiger partial charge in [0, 0.05) is 6.20 Å². The van der Waals surface area contributed by atoms with Crippen molar-refractivity contribution in [1.82, 2.24) is 9.38 Å². The second kappa shape index (κ2) is 3.22. The maximum Gasteiger partial charge on any atom is 0.173 e. The van der Waals surface area contributed by atoms with Gasteiger partial charge in [-0.25, -0.2) is 4.98 Å². The van der Waals surface area contributed by atoms with Gasteiger partial charge in [0.05, 0.1) is 5.52 Å². The van der Waals surface area contributed by atoms with Gasteiger partial charge in [-0.1, -0.05) is 17.8 Å². The number of aldehydes is 1. The molecule has 0 atom stereocenters. The van der Waals surface area contributed by atoms with Crippen LogP contribution in [0, 0.1) is 0 Å². The van der Waals surface area contributed by atoms with Crippen LogP contribution in [-0.2, 0) is 0 Å². The van der Waals surface area contributed by atoms with E-state index < -0.39 is 0 Å². The second-order valence-electron chi connectivity index (χ2n) is 2.56. The lowest BCUT2D eigenvalue weighted by Gasteiger charge is -1.94. The summed E-state index contributed by atoms with van der Waals surface area (Å²) in [5.41, 5.74) is 1.37. The molecule has 4 heteroatoms. The Labute approximate surface area is 79.8 Å². The van der Waals surface area contributed by atoms with Gasteiger partial charge in [-0.3, -0.25) is 9.20 Å². The van der Waals surface area contributed by atoms with Crippen LogP contribution in [0.1, 0.15) is 10.5 Å². The molecular formula is C9H8N2OS. The van der Waals surface area contributed by atoms with Gasteiger partial charge in [-0.15, -0.1) is 0 Å². The summed E-state index contributed by atoms with van der Waals surface area (Å²) in [6, 6.07) is 5.70. The van der Waals surface area contributed by atoms with Gasteiger partial charge in [0.2, 0.25) is 0 Å². The van der Waals surface area contributed by atoms with Gasteiger partial charge in [-0.2, -0.15) is 0 Å². The average molecular weight is 192 g/mol. The summed E-state index contributed by atoms with van der Waals surface area (Å²) in [6.45, 7) is 0. The van der Waals surface area contributed by atoms with Crippen molar-refractivity contribution in [2.24, 2.45) is 0 Å². The fourth-order valence-electron chi connectivity index (χ4n) is 1.26. The molecule has 0 spiro atoms. The minimum atomic E-state index is 0.505. The number of thioether (sulfide) groups is 1. The first-order valence-electron chi connectivity index (χ1n) is 3.83. The Hall–Kier alpha value is -1.29. The molecule has 0 bridgehead atoms. The molecular weight excluding hydrogens is 184 g/mol. The largest absolute Gasteiger partial charge is 0.296 e. The zero-order valence-electron chi connectivity index (χ0n) is 7.10. The SMILES string of the molecule is CSc1nc(C=O)c2ccccn12. The summed E-state index contributed by atoms with van der Waals surface area (Å²) in [5, 5.41) is 0.845. The highest BCUT2D eigenvalue weighted by atomic mass is 32.2. The highest BCUT2D eigenvalue weighted by Crippen LogP contribution is 2.18. The third kappa shape index (κ3) is 1.23. The van der Waals surface area contributed by atoms with Crippen molar-refractivity contribution in [2.75, 3.05) is 6.26 Å². The van der Waals surface area contributed by atoms with Crippen molar-refractivity contribution in [3.63, 3.8) is 0 Å². The minimum absolute atomic E-state index is 0.505. The highest BCUT2D eigenvalue weighted by molar-refractivity contribution is 7.98. The van der Waals surface area contributed by atoms with Crippen molar-refractivity contribution >= 4 is 23.6 Å². The molecule has 0 unspecified atom stereocenters. The topological polar surface area (TPSA) is 34.4 Å². The average Bonchev–Trinajstić information content (AvgIpc) is 2.56. The quantitative estimate of drug-likeness (QED) is 0.538. The van der Waals surface area contributed by atoms with Crippen LogP contribution >= 0.6 is 11.8 Å². The van der Waals surface area contributed by atoms with Gasteiger partial charge in [0.25, 0.3) is 0 Å². The van der Waals surface area contributed by atoms with Gasteiger partial charge in [0.1, 0.15) is 5.69 Å². The van der Waals surface area contributed by atoms with Crippen LogP contribution in [0.2, 0.25) is 0 Å². The Morgan fingerprint density at radius 2 is 2.38 bits per heavy atom. The van der Waals surface area contributed by atoms with Gasteiger partial charge in [0.15, 0.2) is 11.4 Å². The van der Waals surface area contributed by atoms with Gasteiger partial charge < -0.3 is 0 Å². The van der Waals surface area contributed by atoms with E-state index in [-0.39, 0.29) is 0 Å². The molecule has 0 radical (unpaired) electrons. The predicted octanol–water partition coefficient (Wildman–Crippen LogP) is 1.87. The lowest BCUT2D eigenvalue weighted by Crippen LogP contribution is -1.84. The van der Waals surface area contributed by atoms with E-state index in [1.807, 2.05) is 35.1 Å². The summed E-state index contributed by atoms with van der Waals surface area (Å²) in [4.78, 5) is 14.8. The van der Waals surface area contributed by atoms with Crippen molar-refractivity contribution in [2.45, 2.75) is 5.16 Å². The zero-order chi connectivity index (χ0) is 9.26. The Bertz CT molecular complexity index is 450. The molecule has 66 valence electrons. The normalized spacial score (nSPS) is 10.5. The second-order valence-corrected chi connectivity index (χ2v) is 3.33. The van der Waals surface area contributed by atoms with E-state index in [1.165, 1.54) is 11.8 Å². The van der Waals surface area contributed by atoms with Crippen LogP contribution in [0.15, 0.2) is 29.6 Å². The van der Waals surface area contributed by atoms with Crippen LogP contribution in [0.5, 0.6) is 0 Å². The number of carbonyl (C=O) groups excluding carboxylic acids is 1. The molecule has 2 rings (SSSR count). The van der Waals surface area contributed by atoms with Crippen LogP contribution in [0.25, 0.3) is 5.52 Å². The number of nitrogens with zero attached hydrogens (tertiary/aromatic N) is 2. The van der Waals surface area contributed by atoms with Crippen LogP contribution in [0.3, 0.4) is 0 Å². The molecule has 0 N–H and O–H groups in total. The van der Waals surface area contributed by atoms with E-state index in [1.54, 1.807) is 0 Å². The molecule has 2 aromatic rings. The van der Waals surface area contributed by atoms with Crippen molar-refractivity contribution < 1.29 is 4.79 Å². The summed E-state index contributed by atoms with van der Waals surface area (Å²) >= 11 is 1.53. The number of rotatable bonds is 2. The first-order valence-corrected chi connectivity index (χ1v) is 5.05. The number of hydrogen-bond acceptors (Lipinski definition) is 3.